The average molecular weight is 365 g/mol. The predicted octanol–water partition coefficient (Wildman–Crippen LogP) is 2.46. The van der Waals surface area contributed by atoms with E-state index in [1.807, 2.05) is 36.4 Å². The number of aryl methyl sites for hydroxylation is 1. The standard InChI is InChI=1S/C20H19N3O4/c1-14-21-18(27-23-14)13-26-20(25)17(12-15-8-4-2-5-9-15)22-19(24)16-10-6-3-7-11-16/h2-11,17H,12-13H2,1H3,(H,22,24). The lowest BCUT2D eigenvalue weighted by Gasteiger charge is -2.17. The quantitative estimate of drug-likeness (QED) is 0.647. The van der Waals surface area contributed by atoms with Crippen molar-refractivity contribution in [2.24, 2.45) is 0 Å². The highest BCUT2D eigenvalue weighted by atomic mass is 16.6. The van der Waals surface area contributed by atoms with Crippen LogP contribution in [-0.4, -0.2) is 28.1 Å². The highest BCUT2D eigenvalue weighted by Crippen LogP contribution is 2.08. The fourth-order valence-electron chi connectivity index (χ4n) is 2.51. The second kappa shape index (κ2) is 8.75. The molecule has 27 heavy (non-hydrogen) atoms. The van der Waals surface area contributed by atoms with E-state index in [0.717, 1.165) is 5.56 Å². The van der Waals surface area contributed by atoms with E-state index in [4.69, 9.17) is 9.26 Å². The van der Waals surface area contributed by atoms with Crippen molar-refractivity contribution in [3.63, 3.8) is 0 Å². The van der Waals surface area contributed by atoms with Gasteiger partial charge in [-0.25, -0.2) is 4.79 Å². The second-order valence-electron chi connectivity index (χ2n) is 5.92. The van der Waals surface area contributed by atoms with Gasteiger partial charge in [-0.3, -0.25) is 4.79 Å². The molecule has 0 saturated heterocycles. The van der Waals surface area contributed by atoms with Crippen molar-refractivity contribution in [2.45, 2.75) is 26.0 Å². The van der Waals surface area contributed by atoms with E-state index in [0.29, 0.717) is 17.8 Å². The van der Waals surface area contributed by atoms with Crippen molar-refractivity contribution >= 4 is 11.9 Å². The summed E-state index contributed by atoms with van der Waals surface area (Å²) in [5.41, 5.74) is 1.37. The number of amides is 1. The Kier molecular flexibility index (Phi) is 5.94. The number of nitrogens with zero attached hydrogens (tertiary/aromatic N) is 2. The maximum Gasteiger partial charge on any atom is 0.329 e. The lowest BCUT2D eigenvalue weighted by atomic mass is 10.1. The summed E-state index contributed by atoms with van der Waals surface area (Å²) in [6.45, 7) is 1.53. The number of esters is 1. The molecule has 0 aliphatic heterocycles. The highest BCUT2D eigenvalue weighted by Gasteiger charge is 2.24. The Morgan fingerprint density at radius 1 is 1.07 bits per heavy atom. The van der Waals surface area contributed by atoms with Crippen molar-refractivity contribution in [3.8, 4) is 0 Å². The summed E-state index contributed by atoms with van der Waals surface area (Å²) >= 11 is 0. The molecule has 1 aromatic heterocycles. The molecule has 1 amide bonds. The van der Waals surface area contributed by atoms with Crippen molar-refractivity contribution in [1.29, 1.82) is 0 Å². The van der Waals surface area contributed by atoms with Crippen molar-refractivity contribution < 1.29 is 18.8 Å². The van der Waals surface area contributed by atoms with Crippen LogP contribution in [0.25, 0.3) is 0 Å². The van der Waals surface area contributed by atoms with Crippen LogP contribution in [0.3, 0.4) is 0 Å². The topological polar surface area (TPSA) is 94.3 Å². The van der Waals surface area contributed by atoms with Gasteiger partial charge >= 0.3 is 5.97 Å². The van der Waals surface area contributed by atoms with Crippen LogP contribution in [0.15, 0.2) is 65.2 Å². The molecule has 1 N–H and O–H groups in total. The normalized spacial score (nSPS) is 11.6. The molecule has 3 rings (SSSR count). The molecular weight excluding hydrogens is 346 g/mol. The van der Waals surface area contributed by atoms with Gasteiger partial charge in [-0.1, -0.05) is 53.7 Å². The van der Waals surface area contributed by atoms with E-state index in [9.17, 15) is 9.59 Å². The number of hydrogen-bond acceptors (Lipinski definition) is 6. The van der Waals surface area contributed by atoms with Crippen molar-refractivity contribution in [3.05, 3.63) is 83.5 Å². The molecule has 2 aromatic carbocycles. The molecule has 7 heteroatoms. The maximum absolute atomic E-state index is 12.6. The third-order valence-corrected chi connectivity index (χ3v) is 3.82. The summed E-state index contributed by atoms with van der Waals surface area (Å²) < 4.78 is 10.2. The first-order chi connectivity index (χ1) is 13.1. The van der Waals surface area contributed by atoms with E-state index >= 15 is 0 Å². The zero-order valence-corrected chi connectivity index (χ0v) is 14.8. The summed E-state index contributed by atoms with van der Waals surface area (Å²) in [6, 6.07) is 17.3. The Balaban J connectivity index is 1.70. The van der Waals surface area contributed by atoms with Crippen molar-refractivity contribution in [1.82, 2.24) is 15.5 Å². The van der Waals surface area contributed by atoms with Gasteiger partial charge in [0.25, 0.3) is 11.8 Å². The Bertz CT molecular complexity index is 894. The number of rotatable bonds is 7. The summed E-state index contributed by atoms with van der Waals surface area (Å²) in [5, 5.41) is 6.39. The molecule has 1 heterocycles. The Labute approximate surface area is 156 Å². The molecule has 1 atom stereocenters. The van der Waals surface area contributed by atoms with Crippen LogP contribution < -0.4 is 5.32 Å². The van der Waals surface area contributed by atoms with E-state index in [1.165, 1.54) is 0 Å². The van der Waals surface area contributed by atoms with Gasteiger partial charge in [0.2, 0.25) is 0 Å². The zero-order valence-electron chi connectivity index (χ0n) is 14.8. The molecular formula is C20H19N3O4. The molecule has 3 aromatic rings. The van der Waals surface area contributed by atoms with Gasteiger partial charge < -0.3 is 14.6 Å². The molecule has 7 nitrogen and oxygen atoms in total. The SMILES string of the molecule is Cc1noc(COC(=O)C(Cc2ccccc2)NC(=O)c2ccccc2)n1. The van der Waals surface area contributed by atoms with Gasteiger partial charge in [-0.05, 0) is 24.6 Å². The Morgan fingerprint density at radius 3 is 2.37 bits per heavy atom. The molecule has 0 fully saturated rings. The van der Waals surface area contributed by atoms with Crippen LogP contribution in [-0.2, 0) is 22.6 Å². The number of aromatic nitrogens is 2. The Hall–Kier alpha value is -3.48. The maximum atomic E-state index is 12.6. The number of ether oxygens (including phenoxy) is 1. The van der Waals surface area contributed by atoms with Crippen LogP contribution in [0.2, 0.25) is 0 Å². The molecule has 0 aliphatic carbocycles. The first-order valence-electron chi connectivity index (χ1n) is 8.47. The molecule has 0 spiro atoms. The molecule has 0 saturated carbocycles. The van der Waals surface area contributed by atoms with Gasteiger partial charge in [0.05, 0.1) is 0 Å². The van der Waals surface area contributed by atoms with E-state index in [1.54, 1.807) is 31.2 Å². The lowest BCUT2D eigenvalue weighted by Crippen LogP contribution is -2.43. The van der Waals surface area contributed by atoms with Crippen LogP contribution in [0.5, 0.6) is 0 Å². The van der Waals surface area contributed by atoms with Gasteiger partial charge in [-0.15, -0.1) is 0 Å². The summed E-state index contributed by atoms with van der Waals surface area (Å²) in [4.78, 5) is 29.0. The van der Waals surface area contributed by atoms with Gasteiger partial charge in [0.15, 0.2) is 12.4 Å². The first kappa shape index (κ1) is 18.3. The van der Waals surface area contributed by atoms with Gasteiger partial charge in [0.1, 0.15) is 6.04 Å². The average Bonchev–Trinajstić information content (AvgIpc) is 3.12. The number of carbonyl (C=O) groups is 2. The van der Waals surface area contributed by atoms with Crippen LogP contribution in [0.4, 0.5) is 0 Å². The second-order valence-corrected chi connectivity index (χ2v) is 5.92. The molecule has 1 unspecified atom stereocenters. The lowest BCUT2D eigenvalue weighted by molar-refractivity contribution is -0.148. The molecule has 0 bridgehead atoms. The van der Waals surface area contributed by atoms with Gasteiger partial charge in [-0.2, -0.15) is 4.98 Å². The number of benzene rings is 2. The fraction of sp³-hybridized carbons (Fsp3) is 0.200. The monoisotopic (exact) mass is 365 g/mol. The number of nitrogens with one attached hydrogen (secondary N) is 1. The third kappa shape index (κ3) is 5.24. The summed E-state index contributed by atoms with van der Waals surface area (Å²) in [7, 11) is 0. The third-order valence-electron chi connectivity index (χ3n) is 3.82. The van der Waals surface area contributed by atoms with E-state index in [-0.39, 0.29) is 18.4 Å². The highest BCUT2D eigenvalue weighted by molar-refractivity contribution is 5.96. The smallest absolute Gasteiger partial charge is 0.329 e. The van der Waals surface area contributed by atoms with E-state index < -0.39 is 12.0 Å². The summed E-state index contributed by atoms with van der Waals surface area (Å²) in [5.74, 6) is -0.255. The summed E-state index contributed by atoms with van der Waals surface area (Å²) in [6.07, 6.45) is 0.307. The van der Waals surface area contributed by atoms with Crippen molar-refractivity contribution in [2.75, 3.05) is 0 Å². The predicted molar refractivity (Wildman–Crippen MR) is 96.7 cm³/mol. The minimum Gasteiger partial charge on any atom is -0.454 e. The minimum absolute atomic E-state index is 0.147. The Morgan fingerprint density at radius 2 is 1.74 bits per heavy atom. The molecule has 0 radical (unpaired) electrons. The fourth-order valence-corrected chi connectivity index (χ4v) is 2.51. The van der Waals surface area contributed by atoms with Crippen LogP contribution in [0, 0.1) is 6.92 Å². The first-order valence-corrected chi connectivity index (χ1v) is 8.47. The molecule has 0 aliphatic rings. The van der Waals surface area contributed by atoms with Crippen LogP contribution in [0.1, 0.15) is 27.6 Å². The largest absolute Gasteiger partial charge is 0.454 e. The van der Waals surface area contributed by atoms with E-state index in [2.05, 4.69) is 15.5 Å². The number of carbonyl (C=O) groups excluding carboxylic acids is 2. The number of hydrogen-bond donors (Lipinski definition) is 1. The minimum atomic E-state index is -0.843. The zero-order chi connectivity index (χ0) is 19.1. The van der Waals surface area contributed by atoms with Crippen LogP contribution >= 0.6 is 0 Å². The van der Waals surface area contributed by atoms with Gasteiger partial charge in [0, 0.05) is 12.0 Å². The molecule has 138 valence electrons.